The molecule has 2 N–H and O–H groups in total. The van der Waals surface area contributed by atoms with Crippen LogP contribution < -0.4 is 20.4 Å². The topological polar surface area (TPSA) is 186 Å². The quantitative estimate of drug-likeness (QED) is 0.272. The summed E-state index contributed by atoms with van der Waals surface area (Å²) >= 11 is 0. The van der Waals surface area contributed by atoms with Crippen molar-refractivity contribution in [3.8, 4) is 0 Å². The maximum absolute atomic E-state index is 15.2. The summed E-state index contributed by atoms with van der Waals surface area (Å²) in [5, 5.41) is 20.5. The van der Waals surface area contributed by atoms with Crippen LogP contribution in [0.1, 0.15) is 10.6 Å². The smallest absolute Gasteiger partial charge is 0.433 e. The molecule has 2 saturated heterocycles. The van der Waals surface area contributed by atoms with Crippen molar-refractivity contribution in [3.63, 3.8) is 0 Å². The van der Waals surface area contributed by atoms with E-state index in [2.05, 4.69) is 15.8 Å². The van der Waals surface area contributed by atoms with Crippen molar-refractivity contribution >= 4 is 41.0 Å². The number of carbonyl (C=O) groups excluding carboxylic acids is 3. The Morgan fingerprint density at radius 1 is 1.14 bits per heavy atom. The van der Waals surface area contributed by atoms with E-state index in [4.69, 9.17) is 18.5 Å². The van der Waals surface area contributed by atoms with Gasteiger partial charge in [-0.3, -0.25) is 29.4 Å². The molecule has 222 valence electrons. The molecule has 5 rings (SSSR count). The Morgan fingerprint density at radius 3 is 2.62 bits per heavy atom. The minimum Gasteiger partial charge on any atom is -0.442 e. The number of nitrogens with one attached hydrogen (secondary N) is 2. The van der Waals surface area contributed by atoms with Crippen LogP contribution in [0.3, 0.4) is 0 Å². The first-order chi connectivity index (χ1) is 20.2. The Bertz CT molecular complexity index is 1460. The minimum absolute atomic E-state index is 0.0151. The van der Waals surface area contributed by atoms with E-state index in [0.717, 1.165) is 34.2 Å². The lowest BCUT2D eigenvalue weighted by atomic mass is 10.2. The highest BCUT2D eigenvalue weighted by Gasteiger charge is 2.34. The second-order valence-electron chi connectivity index (χ2n) is 9.03. The molecule has 0 saturated carbocycles. The fourth-order valence-electron chi connectivity index (χ4n) is 4.32. The number of hydrogen-bond acceptors (Lipinski definition) is 12. The van der Waals surface area contributed by atoms with Crippen LogP contribution in [0, 0.1) is 21.7 Å². The molecule has 2 aromatic heterocycles. The number of halogens is 2. The maximum Gasteiger partial charge on any atom is 0.433 e. The predicted octanol–water partition coefficient (Wildman–Crippen LogP) is 1.90. The molecule has 18 heteroatoms. The Hall–Kier alpha value is -5.26. The molecular formula is C24H23F2N7O9. The average Bonchev–Trinajstić information content (AvgIpc) is 3.69. The normalized spacial score (nSPS) is 17.1. The van der Waals surface area contributed by atoms with Gasteiger partial charge in [-0.05, 0) is 6.07 Å². The van der Waals surface area contributed by atoms with Gasteiger partial charge in [0.25, 0.3) is 11.8 Å². The molecular weight excluding hydrogens is 568 g/mol. The summed E-state index contributed by atoms with van der Waals surface area (Å²) in [5.41, 5.74) is -0.385. The number of nitrogens with zero attached hydrogens (tertiary/aromatic N) is 5. The lowest BCUT2D eigenvalue weighted by molar-refractivity contribution is -0.402. The number of carbonyl (C=O) groups is 3. The summed E-state index contributed by atoms with van der Waals surface area (Å²) in [6.07, 6.45) is 0.00719. The molecule has 16 nitrogen and oxygen atoms in total. The largest absolute Gasteiger partial charge is 0.442 e. The number of hydroxylamine groups is 2. The number of hydrogen-bond donors (Lipinski definition) is 2. The summed E-state index contributed by atoms with van der Waals surface area (Å²) in [4.78, 5) is 54.8. The number of rotatable bonds is 9. The highest BCUT2D eigenvalue weighted by Crippen LogP contribution is 2.31. The van der Waals surface area contributed by atoms with Gasteiger partial charge in [0.15, 0.2) is 23.2 Å². The SMILES string of the molecule is O=C(NCC(=O)N1CCN(c2c(F)cc(N3C[C@H](CNc4ccon4)OC3=O)cc2F)CCO1)c1ccc([N+](=O)[O-])o1. The van der Waals surface area contributed by atoms with Gasteiger partial charge >= 0.3 is 12.0 Å². The molecule has 0 radical (unpaired) electrons. The number of benzene rings is 1. The molecule has 2 aliphatic rings. The van der Waals surface area contributed by atoms with E-state index < -0.39 is 53.0 Å². The van der Waals surface area contributed by atoms with Crippen LogP contribution in [0.25, 0.3) is 0 Å². The van der Waals surface area contributed by atoms with Gasteiger partial charge in [-0.1, -0.05) is 5.16 Å². The van der Waals surface area contributed by atoms with E-state index in [0.29, 0.717) is 5.82 Å². The van der Waals surface area contributed by atoms with E-state index in [1.54, 1.807) is 6.07 Å². The summed E-state index contributed by atoms with van der Waals surface area (Å²) in [6.45, 7) is -0.463. The molecule has 0 spiro atoms. The Kier molecular flexibility index (Phi) is 8.14. The van der Waals surface area contributed by atoms with Gasteiger partial charge in [0.05, 0.1) is 44.5 Å². The lowest BCUT2D eigenvalue weighted by Crippen LogP contribution is -2.41. The standard InChI is InChI=1S/C24H23F2N7O9/c25-16-9-14(31-13-15(41-24(31)36)11-27-19-3-7-39-29-19)10-17(26)22(16)30-4-5-32(40-8-6-30)20(34)12-28-23(35)18-1-2-21(42-18)33(37)38/h1-3,7,9-10,15H,4-6,8,11-13H2,(H,27,29)(H,28,35)/t15-/m0/s1. The molecule has 2 aliphatic heterocycles. The van der Waals surface area contributed by atoms with Gasteiger partial charge in [0.2, 0.25) is 0 Å². The summed E-state index contributed by atoms with van der Waals surface area (Å²) in [7, 11) is 0. The molecule has 1 atom stereocenters. The molecule has 4 heterocycles. The average molecular weight is 591 g/mol. The first-order valence-corrected chi connectivity index (χ1v) is 12.5. The zero-order valence-corrected chi connectivity index (χ0v) is 21.7. The van der Waals surface area contributed by atoms with E-state index in [1.165, 1.54) is 11.2 Å². The monoisotopic (exact) mass is 591 g/mol. The number of anilines is 3. The molecule has 0 aliphatic carbocycles. The summed E-state index contributed by atoms with van der Waals surface area (Å²) in [5.74, 6) is -3.91. The van der Waals surface area contributed by atoms with Crippen LogP contribution in [-0.2, 0) is 14.4 Å². The van der Waals surface area contributed by atoms with Crippen molar-refractivity contribution in [1.82, 2.24) is 15.5 Å². The van der Waals surface area contributed by atoms with Gasteiger partial charge < -0.3 is 29.2 Å². The number of aromatic nitrogens is 1. The fourth-order valence-corrected chi connectivity index (χ4v) is 4.32. The predicted molar refractivity (Wildman–Crippen MR) is 137 cm³/mol. The van der Waals surface area contributed by atoms with Gasteiger partial charge in [-0.2, -0.15) is 0 Å². The van der Waals surface area contributed by atoms with Crippen LogP contribution in [0.5, 0.6) is 0 Å². The summed E-state index contributed by atoms with van der Waals surface area (Å²) in [6, 6.07) is 5.72. The van der Waals surface area contributed by atoms with Gasteiger partial charge in [0.1, 0.15) is 23.0 Å². The van der Waals surface area contributed by atoms with E-state index in [9.17, 15) is 24.5 Å². The Morgan fingerprint density at radius 2 is 1.93 bits per heavy atom. The highest BCUT2D eigenvalue weighted by molar-refractivity contribution is 5.94. The van der Waals surface area contributed by atoms with Crippen LogP contribution in [0.4, 0.5) is 36.7 Å². The van der Waals surface area contributed by atoms with Crippen LogP contribution >= 0.6 is 0 Å². The molecule has 42 heavy (non-hydrogen) atoms. The zero-order chi connectivity index (χ0) is 29.8. The van der Waals surface area contributed by atoms with Crippen molar-refractivity contribution in [3.05, 3.63) is 64.1 Å². The van der Waals surface area contributed by atoms with Gasteiger partial charge in [-0.15, -0.1) is 0 Å². The molecule has 3 aromatic rings. The maximum atomic E-state index is 15.2. The molecule has 1 aromatic carbocycles. The van der Waals surface area contributed by atoms with E-state index >= 15 is 8.78 Å². The van der Waals surface area contributed by atoms with Crippen molar-refractivity contribution in [2.75, 3.05) is 61.0 Å². The third-order valence-corrected chi connectivity index (χ3v) is 6.31. The van der Waals surface area contributed by atoms with Gasteiger partial charge in [-0.25, -0.2) is 18.6 Å². The molecule has 3 amide bonds. The number of nitro groups is 1. The molecule has 0 unspecified atom stereocenters. The second kappa shape index (κ2) is 12.1. The first-order valence-electron chi connectivity index (χ1n) is 12.5. The minimum atomic E-state index is -0.929. The number of furan rings is 1. The first kappa shape index (κ1) is 28.3. The molecule has 0 bridgehead atoms. The number of ether oxygens (including phenoxy) is 1. The highest BCUT2D eigenvalue weighted by atomic mass is 19.1. The molecule has 2 fully saturated rings. The second-order valence-corrected chi connectivity index (χ2v) is 9.03. The van der Waals surface area contributed by atoms with E-state index in [1.807, 2.05) is 0 Å². The Labute approximate surface area is 234 Å². The van der Waals surface area contributed by atoms with E-state index in [-0.39, 0.29) is 56.5 Å². The van der Waals surface area contributed by atoms with Gasteiger partial charge in [0, 0.05) is 31.3 Å². The Balaban J connectivity index is 1.16. The van der Waals surface area contributed by atoms with Crippen molar-refractivity contribution in [2.45, 2.75) is 6.10 Å². The lowest BCUT2D eigenvalue weighted by Gasteiger charge is -2.24. The third-order valence-electron chi connectivity index (χ3n) is 6.31. The van der Waals surface area contributed by atoms with Crippen molar-refractivity contribution in [1.29, 1.82) is 0 Å². The summed E-state index contributed by atoms with van der Waals surface area (Å²) < 4.78 is 45.2. The van der Waals surface area contributed by atoms with Crippen LogP contribution in [-0.4, -0.2) is 85.0 Å². The van der Waals surface area contributed by atoms with Crippen LogP contribution in [0.2, 0.25) is 0 Å². The van der Waals surface area contributed by atoms with Crippen LogP contribution in [0.15, 0.2) is 45.5 Å². The zero-order valence-electron chi connectivity index (χ0n) is 21.7. The fraction of sp³-hybridized carbons (Fsp3) is 0.333. The van der Waals surface area contributed by atoms with Crippen molar-refractivity contribution < 1.29 is 46.6 Å². The van der Waals surface area contributed by atoms with Crippen molar-refractivity contribution in [2.24, 2.45) is 0 Å². The third kappa shape index (κ3) is 6.22. The number of cyclic esters (lactones) is 1. The number of amides is 3.